The number of carbonyl (C=O) groups excluding carboxylic acids is 1. The molecule has 1 aliphatic carbocycles. The number of hydrazine groups is 1. The number of carbonyl (C=O) groups is 1. The molecule has 0 aliphatic heterocycles. The summed E-state index contributed by atoms with van der Waals surface area (Å²) in [7, 11) is 0. The summed E-state index contributed by atoms with van der Waals surface area (Å²) in [6.07, 6.45) is 2.88. The number of amides is 1. The molecule has 0 aromatic carbocycles. The van der Waals surface area contributed by atoms with Crippen LogP contribution in [0.2, 0.25) is 5.28 Å². The first-order chi connectivity index (χ1) is 7.10. The Balaban J connectivity index is 2.48. The van der Waals surface area contributed by atoms with Gasteiger partial charge in [0.05, 0.1) is 5.41 Å². The van der Waals surface area contributed by atoms with Gasteiger partial charge in [-0.05, 0) is 24.4 Å². The molecule has 1 heterocycles. The lowest BCUT2D eigenvalue weighted by Crippen LogP contribution is -2.30. The fourth-order valence-corrected chi connectivity index (χ4v) is 1.73. The molecule has 6 nitrogen and oxygen atoms in total. The lowest BCUT2D eigenvalue weighted by Gasteiger charge is -2.14. The minimum Gasteiger partial charge on any atom is -0.369 e. The quantitative estimate of drug-likeness (QED) is 0.381. The Morgan fingerprint density at radius 3 is 2.73 bits per heavy atom. The zero-order valence-corrected chi connectivity index (χ0v) is 8.58. The van der Waals surface area contributed by atoms with Crippen molar-refractivity contribution in [2.45, 2.75) is 18.3 Å². The van der Waals surface area contributed by atoms with E-state index in [9.17, 15) is 4.79 Å². The van der Waals surface area contributed by atoms with Gasteiger partial charge in [0.1, 0.15) is 5.82 Å². The molecule has 0 atom stereocenters. The number of hydrogen-bond donors (Lipinski definition) is 3. The molecule has 1 aromatic heterocycles. The second kappa shape index (κ2) is 3.32. The Hall–Kier alpha value is -1.40. The summed E-state index contributed by atoms with van der Waals surface area (Å²) in [5.41, 5.74) is 7.68. The van der Waals surface area contributed by atoms with E-state index in [4.69, 9.17) is 23.2 Å². The van der Waals surface area contributed by atoms with Crippen LogP contribution in [0, 0.1) is 0 Å². The maximum atomic E-state index is 11.3. The van der Waals surface area contributed by atoms with E-state index in [-0.39, 0.29) is 11.2 Å². The maximum Gasteiger partial charge on any atom is 0.228 e. The fourth-order valence-electron chi connectivity index (χ4n) is 1.59. The first-order valence-corrected chi connectivity index (χ1v) is 4.77. The molecule has 0 radical (unpaired) electrons. The SMILES string of the molecule is NNc1nc(Cl)ncc1C1(C(N)=O)CC1. The molecule has 1 aliphatic rings. The van der Waals surface area contributed by atoms with E-state index in [1.54, 1.807) is 0 Å². The van der Waals surface area contributed by atoms with E-state index < -0.39 is 5.41 Å². The van der Waals surface area contributed by atoms with Crippen molar-refractivity contribution in [2.75, 3.05) is 5.43 Å². The minimum atomic E-state index is -0.660. The van der Waals surface area contributed by atoms with E-state index in [0.29, 0.717) is 24.2 Å². The van der Waals surface area contributed by atoms with Gasteiger partial charge in [-0.15, -0.1) is 0 Å². The standard InChI is InChI=1S/C8H10ClN5O/c9-7-12-3-4(5(13-7)14-11)8(1-2-8)6(10)15/h3H,1-2,11H2,(H2,10,15)(H,12,13,14). The summed E-state index contributed by atoms with van der Waals surface area (Å²) in [5.74, 6) is 5.26. The molecule has 0 unspecified atom stereocenters. The van der Waals surface area contributed by atoms with Crippen molar-refractivity contribution in [3.05, 3.63) is 17.0 Å². The van der Waals surface area contributed by atoms with Gasteiger partial charge in [-0.2, -0.15) is 4.98 Å². The van der Waals surface area contributed by atoms with Crippen molar-refractivity contribution < 1.29 is 4.79 Å². The fraction of sp³-hybridized carbons (Fsp3) is 0.375. The zero-order chi connectivity index (χ0) is 11.1. The van der Waals surface area contributed by atoms with Crippen molar-refractivity contribution in [2.24, 2.45) is 11.6 Å². The normalized spacial score (nSPS) is 17.2. The van der Waals surface area contributed by atoms with Gasteiger partial charge in [-0.25, -0.2) is 10.8 Å². The van der Waals surface area contributed by atoms with E-state index >= 15 is 0 Å². The van der Waals surface area contributed by atoms with Crippen LogP contribution in [-0.4, -0.2) is 15.9 Å². The van der Waals surface area contributed by atoms with E-state index in [1.807, 2.05) is 0 Å². The number of anilines is 1. The lowest BCUT2D eigenvalue weighted by molar-refractivity contribution is -0.120. The number of aromatic nitrogens is 2. The predicted octanol–water partition coefficient (Wildman–Crippen LogP) is -0.0675. The summed E-state index contributed by atoms with van der Waals surface area (Å²) in [6.45, 7) is 0. The number of nitrogens with two attached hydrogens (primary N) is 2. The average molecular weight is 228 g/mol. The van der Waals surface area contributed by atoms with E-state index in [0.717, 1.165) is 0 Å². The van der Waals surface area contributed by atoms with E-state index in [2.05, 4.69) is 15.4 Å². The van der Waals surface area contributed by atoms with Crippen molar-refractivity contribution in [1.29, 1.82) is 0 Å². The first kappa shape index (κ1) is 10.1. The zero-order valence-electron chi connectivity index (χ0n) is 7.83. The van der Waals surface area contributed by atoms with Gasteiger partial charge in [0.15, 0.2) is 0 Å². The molecule has 1 saturated carbocycles. The maximum absolute atomic E-state index is 11.3. The molecule has 2 rings (SSSR count). The molecule has 80 valence electrons. The molecule has 5 N–H and O–H groups in total. The Labute approximate surface area is 91.0 Å². The molecular formula is C8H10ClN5O. The lowest BCUT2D eigenvalue weighted by atomic mass is 9.97. The number of rotatable bonds is 3. The number of halogens is 1. The highest BCUT2D eigenvalue weighted by molar-refractivity contribution is 6.28. The minimum absolute atomic E-state index is 0.0759. The van der Waals surface area contributed by atoms with Gasteiger partial charge < -0.3 is 11.2 Å². The monoisotopic (exact) mass is 227 g/mol. The van der Waals surface area contributed by atoms with Crippen molar-refractivity contribution >= 4 is 23.3 Å². The molecule has 0 saturated heterocycles. The smallest absolute Gasteiger partial charge is 0.228 e. The van der Waals surface area contributed by atoms with Crippen LogP contribution in [0.15, 0.2) is 6.20 Å². The highest BCUT2D eigenvalue weighted by Crippen LogP contribution is 2.49. The Kier molecular flexibility index (Phi) is 2.24. The van der Waals surface area contributed by atoms with Crippen molar-refractivity contribution in [1.82, 2.24) is 9.97 Å². The first-order valence-electron chi connectivity index (χ1n) is 4.40. The third kappa shape index (κ3) is 1.51. The van der Waals surface area contributed by atoms with Crippen LogP contribution in [0.5, 0.6) is 0 Å². The van der Waals surface area contributed by atoms with Crippen LogP contribution in [0.4, 0.5) is 5.82 Å². The summed E-state index contributed by atoms with van der Waals surface area (Å²) in [5, 5.41) is 0.0759. The number of nitrogens with one attached hydrogen (secondary N) is 1. The second-order valence-electron chi connectivity index (χ2n) is 3.49. The highest BCUT2D eigenvalue weighted by atomic mass is 35.5. The van der Waals surface area contributed by atoms with Crippen LogP contribution < -0.4 is 17.0 Å². The Morgan fingerprint density at radius 2 is 2.27 bits per heavy atom. The molecule has 1 fully saturated rings. The molecular weight excluding hydrogens is 218 g/mol. The number of hydrogen-bond acceptors (Lipinski definition) is 5. The predicted molar refractivity (Wildman–Crippen MR) is 55.0 cm³/mol. The van der Waals surface area contributed by atoms with Crippen LogP contribution in [0.3, 0.4) is 0 Å². The molecule has 0 bridgehead atoms. The summed E-state index contributed by atoms with van der Waals surface area (Å²) in [4.78, 5) is 19.0. The number of nitrogens with zero attached hydrogens (tertiary/aromatic N) is 2. The Bertz CT molecular complexity index is 417. The third-order valence-corrected chi connectivity index (χ3v) is 2.82. The van der Waals surface area contributed by atoms with Crippen LogP contribution in [0.25, 0.3) is 0 Å². The second-order valence-corrected chi connectivity index (χ2v) is 3.83. The topological polar surface area (TPSA) is 107 Å². The molecule has 1 amide bonds. The van der Waals surface area contributed by atoms with Gasteiger partial charge in [0.2, 0.25) is 11.2 Å². The van der Waals surface area contributed by atoms with Gasteiger partial charge in [-0.1, -0.05) is 0 Å². The average Bonchev–Trinajstić information content (AvgIpc) is 2.98. The molecule has 7 heteroatoms. The van der Waals surface area contributed by atoms with Gasteiger partial charge in [-0.3, -0.25) is 4.79 Å². The summed E-state index contributed by atoms with van der Waals surface area (Å²) in [6, 6.07) is 0. The largest absolute Gasteiger partial charge is 0.369 e. The van der Waals surface area contributed by atoms with Gasteiger partial charge >= 0.3 is 0 Å². The molecule has 15 heavy (non-hydrogen) atoms. The van der Waals surface area contributed by atoms with Crippen molar-refractivity contribution in [3.63, 3.8) is 0 Å². The number of nitrogen functional groups attached to an aromatic ring is 1. The summed E-state index contributed by atoms with van der Waals surface area (Å²) < 4.78 is 0. The van der Waals surface area contributed by atoms with Gasteiger partial charge in [0, 0.05) is 11.8 Å². The molecule has 1 aromatic rings. The number of primary amides is 1. The van der Waals surface area contributed by atoms with E-state index in [1.165, 1.54) is 6.20 Å². The van der Waals surface area contributed by atoms with Crippen LogP contribution >= 0.6 is 11.6 Å². The van der Waals surface area contributed by atoms with Gasteiger partial charge in [0.25, 0.3) is 0 Å². The van der Waals surface area contributed by atoms with Crippen LogP contribution in [-0.2, 0) is 10.2 Å². The van der Waals surface area contributed by atoms with Crippen molar-refractivity contribution in [3.8, 4) is 0 Å². The Morgan fingerprint density at radius 1 is 1.60 bits per heavy atom. The van der Waals surface area contributed by atoms with Crippen LogP contribution in [0.1, 0.15) is 18.4 Å². The highest BCUT2D eigenvalue weighted by Gasteiger charge is 2.52. The third-order valence-electron chi connectivity index (χ3n) is 2.63. The summed E-state index contributed by atoms with van der Waals surface area (Å²) >= 11 is 5.61. The molecule has 0 spiro atoms.